The summed E-state index contributed by atoms with van der Waals surface area (Å²) >= 11 is 8.34. The van der Waals surface area contributed by atoms with E-state index in [0.717, 1.165) is 65.7 Å². The number of hydrogen-bond donors (Lipinski definition) is 2. The van der Waals surface area contributed by atoms with Crippen LogP contribution in [0.5, 0.6) is 0 Å². The van der Waals surface area contributed by atoms with Gasteiger partial charge in [0, 0.05) is 24.4 Å². The molecule has 23 heavy (non-hydrogen) atoms. The molecule has 0 atom stereocenters. The van der Waals surface area contributed by atoms with Crippen LogP contribution in [0.4, 0.5) is 5.69 Å². The number of aromatic nitrogens is 2. The molecule has 1 saturated heterocycles. The van der Waals surface area contributed by atoms with E-state index in [-0.39, 0.29) is 0 Å². The van der Waals surface area contributed by atoms with Crippen molar-refractivity contribution in [1.29, 1.82) is 0 Å². The molecule has 3 rings (SSSR count). The molecule has 126 valence electrons. The van der Waals surface area contributed by atoms with E-state index < -0.39 is 0 Å². The van der Waals surface area contributed by atoms with Crippen molar-refractivity contribution in [2.24, 2.45) is 5.73 Å². The molecule has 4 nitrogen and oxygen atoms in total. The van der Waals surface area contributed by atoms with Crippen LogP contribution < -0.4 is 10.6 Å². The first kappa shape index (κ1) is 16.9. The molecular weight excluding hydrogens is 328 g/mol. The number of nitrogens with zero attached hydrogens (tertiary/aromatic N) is 2. The topological polar surface area (TPSA) is 57.9 Å². The lowest BCUT2D eigenvalue weighted by molar-refractivity contribution is 0.501. The molecule has 1 aliphatic heterocycles. The van der Waals surface area contributed by atoms with Crippen molar-refractivity contribution in [3.63, 3.8) is 0 Å². The molecule has 6 heteroatoms. The lowest BCUT2D eigenvalue weighted by Crippen LogP contribution is -2.39. The van der Waals surface area contributed by atoms with Gasteiger partial charge in [0.2, 0.25) is 0 Å². The third kappa shape index (κ3) is 3.78. The molecule has 1 aliphatic rings. The molecule has 0 amide bonds. The maximum absolute atomic E-state index is 6.52. The quantitative estimate of drug-likeness (QED) is 0.782. The fraction of sp³-hybridized carbons (Fsp3) is 0.588. The van der Waals surface area contributed by atoms with Gasteiger partial charge in [0.15, 0.2) is 5.16 Å². The van der Waals surface area contributed by atoms with Crippen molar-refractivity contribution < 1.29 is 0 Å². The predicted molar refractivity (Wildman–Crippen MR) is 101 cm³/mol. The summed E-state index contributed by atoms with van der Waals surface area (Å²) in [6.45, 7) is 6.37. The van der Waals surface area contributed by atoms with E-state index in [9.17, 15) is 0 Å². The summed E-state index contributed by atoms with van der Waals surface area (Å²) in [4.78, 5) is 10.5. The Morgan fingerprint density at radius 3 is 2.70 bits per heavy atom. The molecule has 0 radical (unpaired) electrons. The Labute approximate surface area is 147 Å². The zero-order valence-electron chi connectivity index (χ0n) is 13.8. The second kappa shape index (κ2) is 7.32. The zero-order chi connectivity index (χ0) is 16.4. The summed E-state index contributed by atoms with van der Waals surface area (Å²) < 4.78 is 0. The third-order valence-corrected chi connectivity index (χ3v) is 6.32. The Kier molecular flexibility index (Phi) is 5.39. The lowest BCUT2D eigenvalue weighted by Gasteiger charge is -2.32. The van der Waals surface area contributed by atoms with Gasteiger partial charge in [0.25, 0.3) is 0 Å². The number of benzene rings is 1. The van der Waals surface area contributed by atoms with Crippen LogP contribution >= 0.6 is 23.4 Å². The fourth-order valence-corrected chi connectivity index (χ4v) is 4.30. The van der Waals surface area contributed by atoms with Crippen molar-refractivity contribution in [3.8, 4) is 0 Å². The monoisotopic (exact) mass is 352 g/mol. The first-order chi connectivity index (χ1) is 11.1. The Morgan fingerprint density at radius 1 is 1.35 bits per heavy atom. The number of fused-ring (bicyclic) bond motifs is 1. The van der Waals surface area contributed by atoms with Crippen molar-refractivity contribution in [2.45, 2.75) is 56.0 Å². The minimum Gasteiger partial charge on any atom is -0.370 e. The lowest BCUT2D eigenvalue weighted by atomic mass is 10.1. The molecule has 2 aromatic rings. The van der Waals surface area contributed by atoms with Crippen LogP contribution in [0, 0.1) is 0 Å². The summed E-state index contributed by atoms with van der Waals surface area (Å²) in [5.41, 5.74) is 9.09. The van der Waals surface area contributed by atoms with Crippen LogP contribution in [0.3, 0.4) is 0 Å². The van der Waals surface area contributed by atoms with E-state index in [1.807, 2.05) is 17.8 Å². The first-order valence-electron chi connectivity index (χ1n) is 8.47. The number of hydrogen-bond acceptors (Lipinski definition) is 4. The summed E-state index contributed by atoms with van der Waals surface area (Å²) in [6.07, 6.45) is 4.34. The molecule has 3 N–H and O–H groups in total. The Morgan fingerprint density at radius 2 is 2.04 bits per heavy atom. The van der Waals surface area contributed by atoms with Crippen molar-refractivity contribution in [2.75, 3.05) is 18.0 Å². The van der Waals surface area contributed by atoms with Crippen molar-refractivity contribution in [3.05, 3.63) is 17.2 Å². The van der Waals surface area contributed by atoms with Crippen LogP contribution in [0.2, 0.25) is 5.02 Å². The van der Waals surface area contributed by atoms with E-state index in [1.54, 1.807) is 0 Å². The Hall–Kier alpha value is -0.910. The molecule has 1 fully saturated rings. The maximum Gasteiger partial charge on any atom is 0.166 e. The standard InChI is InChI=1S/C17H25ClN4S/c1-3-12(4-2)23-17-20-14-9-13(18)16(10-15(14)21-17)22-7-5-11(19)6-8-22/h9-12H,3-8,19H2,1-2H3,(H,20,21). The summed E-state index contributed by atoms with van der Waals surface area (Å²) in [6, 6.07) is 4.44. The number of nitrogens with two attached hydrogens (primary N) is 1. The molecular formula is C17H25ClN4S. The minimum atomic E-state index is 0.321. The summed E-state index contributed by atoms with van der Waals surface area (Å²) in [7, 11) is 0. The van der Waals surface area contributed by atoms with Gasteiger partial charge in [-0.1, -0.05) is 37.2 Å². The smallest absolute Gasteiger partial charge is 0.166 e. The highest BCUT2D eigenvalue weighted by Gasteiger charge is 2.20. The molecule has 0 saturated carbocycles. The number of rotatable bonds is 5. The number of thioether (sulfide) groups is 1. The normalized spacial score (nSPS) is 16.7. The second-order valence-corrected chi connectivity index (χ2v) is 7.94. The van der Waals surface area contributed by atoms with Crippen LogP contribution in [0.15, 0.2) is 17.3 Å². The maximum atomic E-state index is 6.52. The van der Waals surface area contributed by atoms with Gasteiger partial charge in [0.1, 0.15) is 0 Å². The predicted octanol–water partition coefficient (Wildman–Crippen LogP) is 4.42. The highest BCUT2D eigenvalue weighted by molar-refractivity contribution is 7.99. The molecule has 0 unspecified atom stereocenters. The number of imidazole rings is 1. The summed E-state index contributed by atoms with van der Waals surface area (Å²) in [5, 5.41) is 2.38. The van der Waals surface area contributed by atoms with Gasteiger partial charge in [-0.2, -0.15) is 0 Å². The zero-order valence-corrected chi connectivity index (χ0v) is 15.4. The highest BCUT2D eigenvalue weighted by atomic mass is 35.5. The Bertz CT molecular complexity index is 660. The van der Waals surface area contributed by atoms with Crippen LogP contribution in [-0.4, -0.2) is 34.3 Å². The van der Waals surface area contributed by atoms with Gasteiger partial charge < -0.3 is 15.6 Å². The van der Waals surface area contributed by atoms with Gasteiger partial charge in [-0.3, -0.25) is 0 Å². The minimum absolute atomic E-state index is 0.321. The molecule has 1 aromatic carbocycles. The largest absolute Gasteiger partial charge is 0.370 e. The third-order valence-electron chi connectivity index (χ3n) is 4.60. The van der Waals surface area contributed by atoms with Gasteiger partial charge in [0.05, 0.1) is 21.7 Å². The number of nitrogens with one attached hydrogen (secondary N) is 1. The van der Waals surface area contributed by atoms with Gasteiger partial charge in [-0.25, -0.2) is 4.98 Å². The second-order valence-electron chi connectivity index (χ2n) is 6.24. The van der Waals surface area contributed by atoms with E-state index >= 15 is 0 Å². The van der Waals surface area contributed by atoms with Crippen LogP contribution in [0.25, 0.3) is 11.0 Å². The van der Waals surface area contributed by atoms with E-state index in [1.165, 1.54) is 0 Å². The molecule has 2 heterocycles. The van der Waals surface area contributed by atoms with Gasteiger partial charge in [-0.15, -0.1) is 0 Å². The van der Waals surface area contributed by atoms with Crippen molar-refractivity contribution >= 4 is 40.1 Å². The fourth-order valence-electron chi connectivity index (χ4n) is 3.05. The number of H-pyrrole nitrogens is 1. The SMILES string of the molecule is CCC(CC)Sc1nc2cc(N3CCC(N)CC3)c(Cl)cc2[nH]1. The number of aromatic amines is 1. The van der Waals surface area contributed by atoms with Gasteiger partial charge in [-0.05, 0) is 37.8 Å². The first-order valence-corrected chi connectivity index (χ1v) is 9.72. The number of anilines is 1. The van der Waals surface area contributed by atoms with E-state index in [4.69, 9.17) is 22.3 Å². The number of halogens is 1. The molecule has 0 aliphatic carbocycles. The highest BCUT2D eigenvalue weighted by Crippen LogP contribution is 2.34. The van der Waals surface area contributed by atoms with Crippen molar-refractivity contribution in [1.82, 2.24) is 9.97 Å². The molecule has 0 bridgehead atoms. The van der Waals surface area contributed by atoms with Crippen LogP contribution in [0.1, 0.15) is 39.5 Å². The molecule has 1 aromatic heterocycles. The van der Waals surface area contributed by atoms with Crippen LogP contribution in [-0.2, 0) is 0 Å². The van der Waals surface area contributed by atoms with E-state index in [2.05, 4.69) is 29.8 Å². The average Bonchev–Trinajstić information content (AvgIpc) is 2.94. The average molecular weight is 353 g/mol. The molecule has 0 spiro atoms. The van der Waals surface area contributed by atoms with Gasteiger partial charge >= 0.3 is 0 Å². The number of piperidine rings is 1. The summed E-state index contributed by atoms with van der Waals surface area (Å²) in [5.74, 6) is 0. The van der Waals surface area contributed by atoms with E-state index in [0.29, 0.717) is 11.3 Å². The Balaban J connectivity index is 1.85.